The summed E-state index contributed by atoms with van der Waals surface area (Å²) in [5.41, 5.74) is -5.23. The summed E-state index contributed by atoms with van der Waals surface area (Å²) in [6, 6.07) is 0. The van der Waals surface area contributed by atoms with E-state index in [1.807, 2.05) is 6.08 Å². The van der Waals surface area contributed by atoms with Gasteiger partial charge in [-0.05, 0) is 88.4 Å². The van der Waals surface area contributed by atoms with E-state index < -0.39 is 28.1 Å². The number of hydrogen-bond donors (Lipinski definition) is 3. The number of carbonyl (C=O) groups excluding carboxylic acids is 1. The molecule has 0 aromatic carbocycles. The van der Waals surface area contributed by atoms with Crippen LogP contribution in [0.5, 0.6) is 0 Å². The van der Waals surface area contributed by atoms with Gasteiger partial charge in [0.2, 0.25) is 0 Å². The number of methoxy groups -OCH3 is 1. The zero-order valence-electron chi connectivity index (χ0n) is 24.3. The van der Waals surface area contributed by atoms with Crippen LogP contribution in [0, 0.1) is 33.5 Å². The van der Waals surface area contributed by atoms with Crippen molar-refractivity contribution in [2.75, 3.05) is 7.11 Å². The number of epoxide rings is 1. The van der Waals surface area contributed by atoms with Crippen molar-refractivity contribution in [3.63, 3.8) is 0 Å². The molecule has 0 unspecified atom stereocenters. The minimum atomic E-state index is -1.61. The first-order valence-electron chi connectivity index (χ1n) is 14.5. The van der Waals surface area contributed by atoms with Crippen LogP contribution in [0.2, 0.25) is 0 Å². The van der Waals surface area contributed by atoms with Gasteiger partial charge in [-0.25, -0.2) is 0 Å². The number of esters is 1. The van der Waals surface area contributed by atoms with Crippen LogP contribution >= 0.6 is 0 Å². The molecule has 5 aliphatic rings. The predicted octanol–water partition coefficient (Wildman–Crippen LogP) is 4.93. The highest BCUT2D eigenvalue weighted by Crippen LogP contribution is 2.74. The molecule has 0 amide bonds. The van der Waals surface area contributed by atoms with Crippen LogP contribution < -0.4 is 0 Å². The normalized spacial score (nSPS) is 54.1. The monoisotopic (exact) mass is 518 g/mol. The van der Waals surface area contributed by atoms with Crippen molar-refractivity contribution in [2.24, 2.45) is 33.5 Å². The zero-order chi connectivity index (χ0) is 27.5. The van der Waals surface area contributed by atoms with Gasteiger partial charge in [-0.1, -0.05) is 46.8 Å². The van der Waals surface area contributed by atoms with E-state index in [2.05, 4.69) is 47.6 Å². The molecular weight excluding hydrogens is 468 g/mol. The zero-order valence-corrected chi connectivity index (χ0v) is 24.3. The molecule has 4 saturated carbocycles. The SMILES string of the molecule is COC(=O)[C@]12CCC(C)(C)C[C@H]1[C@@](O)(/C=C\[C@@]13O[C@]1(C)CC[C@H]1C(C)(C)[C@@H](O)CC[C@@]13C)[C@@](C)(O)CC2. The Bertz CT molecular complexity index is 996. The molecule has 0 spiro atoms. The van der Waals surface area contributed by atoms with Crippen LogP contribution in [0.1, 0.15) is 106 Å². The molecule has 1 aliphatic heterocycles. The Labute approximate surface area is 223 Å². The van der Waals surface area contributed by atoms with E-state index in [4.69, 9.17) is 9.47 Å². The van der Waals surface area contributed by atoms with Gasteiger partial charge in [0.15, 0.2) is 0 Å². The molecule has 6 nitrogen and oxygen atoms in total. The van der Waals surface area contributed by atoms with Gasteiger partial charge in [-0.15, -0.1) is 0 Å². The average Bonchev–Trinajstić information content (AvgIpc) is 3.45. The van der Waals surface area contributed by atoms with Crippen molar-refractivity contribution in [2.45, 2.75) is 135 Å². The number of ether oxygens (including phenoxy) is 2. The Kier molecular flexibility index (Phi) is 5.84. The highest BCUT2D eigenvalue weighted by molar-refractivity contribution is 5.78. The maximum Gasteiger partial charge on any atom is 0.312 e. The number of hydrogen-bond acceptors (Lipinski definition) is 6. The minimum Gasteiger partial charge on any atom is -0.469 e. The van der Waals surface area contributed by atoms with Crippen LogP contribution in [0.25, 0.3) is 0 Å². The molecule has 1 heterocycles. The summed E-state index contributed by atoms with van der Waals surface area (Å²) in [6.45, 7) is 14.9. The summed E-state index contributed by atoms with van der Waals surface area (Å²) < 4.78 is 12.0. The maximum atomic E-state index is 13.3. The number of aliphatic hydroxyl groups excluding tert-OH is 1. The first kappa shape index (κ1) is 27.6. The Morgan fingerprint density at radius 1 is 0.865 bits per heavy atom. The van der Waals surface area contributed by atoms with E-state index in [-0.39, 0.29) is 39.8 Å². The third kappa shape index (κ3) is 3.40. The molecule has 0 aromatic heterocycles. The number of fused-ring (bicyclic) bond motifs is 4. The molecule has 1 saturated heterocycles. The average molecular weight is 519 g/mol. The van der Waals surface area contributed by atoms with Crippen LogP contribution in [0.15, 0.2) is 12.2 Å². The van der Waals surface area contributed by atoms with Crippen molar-refractivity contribution < 1.29 is 29.6 Å². The lowest BCUT2D eigenvalue weighted by molar-refractivity contribution is -0.231. The van der Waals surface area contributed by atoms with Crippen LogP contribution in [-0.4, -0.2) is 56.9 Å². The molecule has 210 valence electrons. The van der Waals surface area contributed by atoms with Gasteiger partial charge in [0.25, 0.3) is 0 Å². The summed E-state index contributed by atoms with van der Waals surface area (Å²) in [6.07, 6.45) is 9.99. The molecular formula is C31H50O6. The summed E-state index contributed by atoms with van der Waals surface area (Å²) in [7, 11) is 1.43. The van der Waals surface area contributed by atoms with E-state index in [1.165, 1.54) is 7.11 Å². The van der Waals surface area contributed by atoms with Gasteiger partial charge >= 0.3 is 5.97 Å². The summed E-state index contributed by atoms with van der Waals surface area (Å²) in [5.74, 6) is -0.462. The molecule has 9 atom stereocenters. The van der Waals surface area contributed by atoms with Crippen molar-refractivity contribution in [1.29, 1.82) is 0 Å². The molecule has 6 heteroatoms. The Balaban J connectivity index is 1.60. The van der Waals surface area contributed by atoms with Gasteiger partial charge < -0.3 is 24.8 Å². The third-order valence-corrected chi connectivity index (χ3v) is 12.6. The smallest absolute Gasteiger partial charge is 0.312 e. The maximum absolute atomic E-state index is 13.3. The van der Waals surface area contributed by atoms with E-state index in [0.717, 1.165) is 32.1 Å². The van der Waals surface area contributed by atoms with Crippen LogP contribution in [0.4, 0.5) is 0 Å². The number of aliphatic hydroxyl groups is 3. The van der Waals surface area contributed by atoms with Gasteiger partial charge in [0.05, 0.1) is 29.8 Å². The van der Waals surface area contributed by atoms with Crippen molar-refractivity contribution in [3.8, 4) is 0 Å². The van der Waals surface area contributed by atoms with Gasteiger partial charge in [-0.3, -0.25) is 4.79 Å². The number of carbonyl (C=O) groups is 1. The van der Waals surface area contributed by atoms with E-state index in [9.17, 15) is 20.1 Å². The van der Waals surface area contributed by atoms with E-state index >= 15 is 0 Å². The molecule has 3 N–H and O–H groups in total. The van der Waals surface area contributed by atoms with Crippen molar-refractivity contribution >= 4 is 5.97 Å². The molecule has 37 heavy (non-hydrogen) atoms. The lowest BCUT2D eigenvalue weighted by Crippen LogP contribution is -2.68. The van der Waals surface area contributed by atoms with E-state index in [0.29, 0.717) is 25.7 Å². The third-order valence-electron chi connectivity index (χ3n) is 12.6. The predicted molar refractivity (Wildman–Crippen MR) is 142 cm³/mol. The summed E-state index contributed by atoms with van der Waals surface area (Å²) in [5, 5.41) is 35.2. The van der Waals surface area contributed by atoms with Crippen molar-refractivity contribution in [1.82, 2.24) is 0 Å². The lowest BCUT2D eigenvalue weighted by Gasteiger charge is -2.61. The van der Waals surface area contributed by atoms with Gasteiger partial charge in [0.1, 0.15) is 11.2 Å². The minimum absolute atomic E-state index is 0.0637. The van der Waals surface area contributed by atoms with Crippen molar-refractivity contribution in [3.05, 3.63) is 12.2 Å². The quantitative estimate of drug-likeness (QED) is 0.278. The molecule has 0 bridgehead atoms. The van der Waals surface area contributed by atoms with Crippen LogP contribution in [0.3, 0.4) is 0 Å². The Hall–Kier alpha value is -0.950. The molecule has 0 aromatic rings. The van der Waals surface area contributed by atoms with Crippen LogP contribution in [-0.2, 0) is 14.3 Å². The van der Waals surface area contributed by atoms with Gasteiger partial charge in [-0.2, -0.15) is 0 Å². The van der Waals surface area contributed by atoms with E-state index in [1.54, 1.807) is 6.92 Å². The second kappa shape index (κ2) is 7.83. The number of rotatable bonds is 3. The molecule has 4 aliphatic carbocycles. The molecule has 0 radical (unpaired) electrons. The highest BCUT2D eigenvalue weighted by atomic mass is 16.6. The van der Waals surface area contributed by atoms with Gasteiger partial charge in [0, 0.05) is 11.3 Å². The molecule has 5 rings (SSSR count). The standard InChI is InChI=1S/C31H50O6/c1-24(2)13-15-29(23(33)36-8)16-14-27(6,34)30(35,21(29)19-24)17-18-31-26(5)11-10-22(32)25(3,4)20(26)9-12-28(31,7)37-31/h17-18,20-22,32,34-35H,9-16,19H2,1-8H3/b18-17-/t20-,21+,22-,26-,27-,28+,29-,30-,31-/m0/s1. The Morgan fingerprint density at radius 3 is 2.16 bits per heavy atom. The second-order valence-electron chi connectivity index (χ2n) is 15.5. The fourth-order valence-electron chi connectivity index (χ4n) is 9.87. The summed E-state index contributed by atoms with van der Waals surface area (Å²) >= 11 is 0. The topological polar surface area (TPSA) is 99.5 Å². The highest BCUT2D eigenvalue weighted by Gasteiger charge is 2.79. The second-order valence-corrected chi connectivity index (χ2v) is 15.5. The fourth-order valence-corrected chi connectivity index (χ4v) is 9.87. The fraction of sp³-hybridized carbons (Fsp3) is 0.903. The first-order chi connectivity index (χ1) is 16.9. The lowest BCUT2D eigenvalue weighted by atomic mass is 9.45. The molecule has 5 fully saturated rings. The largest absolute Gasteiger partial charge is 0.469 e. The summed E-state index contributed by atoms with van der Waals surface area (Å²) in [4.78, 5) is 13.3. The Morgan fingerprint density at radius 2 is 1.51 bits per heavy atom. The first-order valence-corrected chi connectivity index (χ1v) is 14.5.